The summed E-state index contributed by atoms with van der Waals surface area (Å²) in [7, 11) is 1.59. The van der Waals surface area contributed by atoms with Gasteiger partial charge in [0, 0.05) is 0 Å². The third-order valence-corrected chi connectivity index (χ3v) is 5.98. The second kappa shape index (κ2) is 9.18. The molecule has 4 aromatic rings. The Morgan fingerprint density at radius 2 is 2.13 bits per heavy atom. The molecule has 0 saturated carbocycles. The number of fused-ring (bicyclic) bond motifs is 1. The minimum Gasteiger partial charge on any atom is -0.497 e. The van der Waals surface area contributed by atoms with Gasteiger partial charge in [-0.3, -0.25) is 4.79 Å². The summed E-state index contributed by atoms with van der Waals surface area (Å²) in [4.78, 5) is 16.7. The molecule has 2 aromatic heterocycles. The molecule has 0 atom stereocenters. The van der Waals surface area contributed by atoms with Gasteiger partial charge in [0.1, 0.15) is 12.4 Å². The van der Waals surface area contributed by atoms with E-state index in [2.05, 4.69) is 20.5 Å². The van der Waals surface area contributed by atoms with Crippen LogP contribution in [-0.4, -0.2) is 38.6 Å². The normalized spacial score (nSPS) is 10.9. The SMILES string of the molecule is COc1ccc2nc(NC(=O)CSc3nnc(COc4ccccc4F)n3N)sc2c1. The van der Waals surface area contributed by atoms with Crippen LogP contribution in [0.5, 0.6) is 11.5 Å². The van der Waals surface area contributed by atoms with Crippen molar-refractivity contribution >= 4 is 44.4 Å². The van der Waals surface area contributed by atoms with Crippen molar-refractivity contribution < 1.29 is 18.7 Å². The molecule has 2 heterocycles. The van der Waals surface area contributed by atoms with Gasteiger partial charge in [0.2, 0.25) is 11.1 Å². The Hall–Kier alpha value is -3.38. The summed E-state index contributed by atoms with van der Waals surface area (Å²) in [6.07, 6.45) is 0. The number of carbonyl (C=O) groups excluding carboxylic acids is 1. The lowest BCUT2D eigenvalue weighted by Gasteiger charge is -2.07. The van der Waals surface area contributed by atoms with Crippen molar-refractivity contribution in [1.29, 1.82) is 0 Å². The summed E-state index contributed by atoms with van der Waals surface area (Å²) in [6.45, 7) is -0.0631. The van der Waals surface area contributed by atoms with Gasteiger partial charge in [-0.15, -0.1) is 10.2 Å². The van der Waals surface area contributed by atoms with Crippen LogP contribution in [-0.2, 0) is 11.4 Å². The molecule has 160 valence electrons. The molecule has 0 spiro atoms. The first-order chi connectivity index (χ1) is 15.0. The average molecular weight is 461 g/mol. The number of thiazole rings is 1. The number of benzene rings is 2. The molecule has 0 aliphatic carbocycles. The average Bonchev–Trinajstić information content (AvgIpc) is 3.33. The Balaban J connectivity index is 1.33. The smallest absolute Gasteiger partial charge is 0.236 e. The lowest BCUT2D eigenvalue weighted by Crippen LogP contribution is -2.18. The molecule has 9 nitrogen and oxygen atoms in total. The Morgan fingerprint density at radius 1 is 1.29 bits per heavy atom. The first-order valence-corrected chi connectivity index (χ1v) is 10.8. The highest BCUT2D eigenvalue weighted by Crippen LogP contribution is 2.29. The van der Waals surface area contributed by atoms with Crippen molar-refractivity contribution in [2.75, 3.05) is 24.0 Å². The molecule has 2 aromatic carbocycles. The van der Waals surface area contributed by atoms with Crippen LogP contribution in [0.4, 0.5) is 9.52 Å². The van der Waals surface area contributed by atoms with E-state index in [4.69, 9.17) is 15.3 Å². The van der Waals surface area contributed by atoms with E-state index in [9.17, 15) is 9.18 Å². The maximum Gasteiger partial charge on any atom is 0.236 e. The number of thioether (sulfide) groups is 1. The molecule has 0 aliphatic heterocycles. The van der Waals surface area contributed by atoms with Crippen LogP contribution in [0.15, 0.2) is 47.6 Å². The fourth-order valence-electron chi connectivity index (χ4n) is 2.58. The van der Waals surface area contributed by atoms with Crippen molar-refractivity contribution in [3.8, 4) is 11.5 Å². The second-order valence-electron chi connectivity index (χ2n) is 6.18. The lowest BCUT2D eigenvalue weighted by atomic mass is 10.3. The van der Waals surface area contributed by atoms with Gasteiger partial charge < -0.3 is 20.6 Å². The van der Waals surface area contributed by atoms with Crippen molar-refractivity contribution in [2.24, 2.45) is 0 Å². The summed E-state index contributed by atoms with van der Waals surface area (Å²) in [5, 5.41) is 11.5. The number of para-hydroxylation sites is 1. The van der Waals surface area contributed by atoms with E-state index < -0.39 is 5.82 Å². The lowest BCUT2D eigenvalue weighted by molar-refractivity contribution is -0.113. The van der Waals surface area contributed by atoms with Crippen molar-refractivity contribution in [2.45, 2.75) is 11.8 Å². The highest BCUT2D eigenvalue weighted by Gasteiger charge is 2.15. The summed E-state index contributed by atoms with van der Waals surface area (Å²) in [5.41, 5.74) is 0.773. The molecular weight excluding hydrogens is 443 g/mol. The maximum atomic E-state index is 13.6. The first kappa shape index (κ1) is 20.9. The highest BCUT2D eigenvalue weighted by molar-refractivity contribution is 7.99. The van der Waals surface area contributed by atoms with Crippen LogP contribution < -0.4 is 20.6 Å². The number of carbonyl (C=O) groups is 1. The molecular formula is C19H17FN6O3S2. The van der Waals surface area contributed by atoms with Gasteiger partial charge in [-0.25, -0.2) is 14.1 Å². The zero-order valence-corrected chi connectivity index (χ0v) is 17.9. The Labute approximate surface area is 184 Å². The molecule has 0 fully saturated rings. The third-order valence-electron chi connectivity index (χ3n) is 4.10. The Morgan fingerprint density at radius 3 is 2.94 bits per heavy atom. The number of hydrogen-bond donors (Lipinski definition) is 2. The minimum atomic E-state index is -0.481. The number of nitrogens with one attached hydrogen (secondary N) is 1. The van der Waals surface area contributed by atoms with Gasteiger partial charge >= 0.3 is 0 Å². The number of aromatic nitrogens is 4. The summed E-state index contributed by atoms with van der Waals surface area (Å²) < 4.78 is 26.3. The number of nitrogen functional groups attached to an aromatic ring is 1. The van der Waals surface area contributed by atoms with E-state index in [1.165, 1.54) is 28.1 Å². The van der Waals surface area contributed by atoms with Crippen LogP contribution in [0.3, 0.4) is 0 Å². The number of halogens is 1. The molecule has 0 unspecified atom stereocenters. The number of nitrogens with two attached hydrogens (primary N) is 1. The van der Waals surface area contributed by atoms with Crippen LogP contribution in [0.2, 0.25) is 0 Å². The van der Waals surface area contributed by atoms with Gasteiger partial charge in [0.05, 0.1) is 23.1 Å². The van der Waals surface area contributed by atoms with Crippen LogP contribution in [0.25, 0.3) is 10.2 Å². The first-order valence-electron chi connectivity index (χ1n) is 8.97. The maximum absolute atomic E-state index is 13.6. The van der Waals surface area contributed by atoms with E-state index in [0.29, 0.717) is 16.1 Å². The van der Waals surface area contributed by atoms with E-state index in [1.54, 1.807) is 19.2 Å². The zero-order valence-electron chi connectivity index (χ0n) is 16.2. The molecule has 0 radical (unpaired) electrons. The standard InChI is InChI=1S/C19H17FN6O3S2/c1-28-11-6-7-13-15(8-11)31-18(22-13)23-17(27)10-30-19-25-24-16(26(19)21)9-29-14-5-3-2-4-12(14)20/h2-8H,9-10,21H2,1H3,(H,22,23,27). The van der Waals surface area contributed by atoms with E-state index >= 15 is 0 Å². The predicted octanol–water partition coefficient (Wildman–Crippen LogP) is 3.06. The van der Waals surface area contributed by atoms with Gasteiger partial charge in [0.25, 0.3) is 0 Å². The van der Waals surface area contributed by atoms with Crippen molar-refractivity contribution in [3.05, 3.63) is 54.1 Å². The number of hydrogen-bond acceptors (Lipinski definition) is 9. The van der Waals surface area contributed by atoms with E-state index in [0.717, 1.165) is 27.7 Å². The Kier molecular flexibility index (Phi) is 6.18. The van der Waals surface area contributed by atoms with Crippen LogP contribution >= 0.6 is 23.1 Å². The molecule has 1 amide bonds. The fourth-order valence-corrected chi connectivity index (χ4v) is 4.16. The summed E-state index contributed by atoms with van der Waals surface area (Å²) in [6, 6.07) is 11.5. The number of methoxy groups -OCH3 is 1. The van der Waals surface area contributed by atoms with Crippen molar-refractivity contribution in [3.63, 3.8) is 0 Å². The van der Waals surface area contributed by atoms with Crippen molar-refractivity contribution in [1.82, 2.24) is 19.9 Å². The molecule has 4 rings (SSSR count). The number of anilines is 1. The minimum absolute atomic E-state index is 0.0583. The molecule has 0 saturated heterocycles. The summed E-state index contributed by atoms with van der Waals surface area (Å²) in [5.74, 6) is 6.39. The van der Waals surface area contributed by atoms with E-state index in [1.807, 2.05) is 18.2 Å². The third kappa shape index (κ3) is 4.86. The molecule has 0 aliphatic rings. The second-order valence-corrected chi connectivity index (χ2v) is 8.15. The number of amides is 1. The monoisotopic (exact) mass is 460 g/mol. The zero-order chi connectivity index (χ0) is 21.8. The molecule has 31 heavy (non-hydrogen) atoms. The van der Waals surface area contributed by atoms with Gasteiger partial charge in [-0.2, -0.15) is 0 Å². The largest absolute Gasteiger partial charge is 0.497 e. The van der Waals surface area contributed by atoms with Gasteiger partial charge in [0.15, 0.2) is 22.5 Å². The number of rotatable bonds is 8. The molecule has 3 N–H and O–H groups in total. The molecule has 12 heteroatoms. The summed E-state index contributed by atoms with van der Waals surface area (Å²) >= 11 is 2.46. The van der Waals surface area contributed by atoms with Crippen LogP contribution in [0.1, 0.15) is 5.82 Å². The number of nitrogens with zero attached hydrogens (tertiary/aromatic N) is 4. The molecule has 0 bridgehead atoms. The fraction of sp³-hybridized carbons (Fsp3) is 0.158. The quantitative estimate of drug-likeness (QED) is 0.304. The topological polar surface area (TPSA) is 117 Å². The number of ether oxygens (including phenoxy) is 2. The highest BCUT2D eigenvalue weighted by atomic mass is 32.2. The Bertz CT molecular complexity index is 1230. The van der Waals surface area contributed by atoms with Gasteiger partial charge in [-0.1, -0.05) is 35.2 Å². The van der Waals surface area contributed by atoms with Gasteiger partial charge in [-0.05, 0) is 30.3 Å². The predicted molar refractivity (Wildman–Crippen MR) is 116 cm³/mol. The van der Waals surface area contributed by atoms with Crippen LogP contribution in [0, 0.1) is 5.82 Å². The van der Waals surface area contributed by atoms with E-state index in [-0.39, 0.29) is 24.0 Å².